The van der Waals surface area contributed by atoms with E-state index in [9.17, 15) is 0 Å². The molecule has 2 rings (SSSR count). The minimum Gasteiger partial charge on any atom is -0.0579 e. The first-order valence-electron chi connectivity index (χ1n) is 5.83. The Labute approximate surface area is 112 Å². The highest BCUT2D eigenvalue weighted by Gasteiger charge is 2.12. The van der Waals surface area contributed by atoms with Crippen molar-refractivity contribution in [1.82, 2.24) is 0 Å². The molecule has 1 heteroatoms. The molecule has 0 saturated carbocycles. The average molecular weight is 289 g/mol. The summed E-state index contributed by atoms with van der Waals surface area (Å²) in [5.41, 5.74) is 4.12. The molecule has 0 aliphatic carbocycles. The first-order chi connectivity index (χ1) is 7.97. The summed E-state index contributed by atoms with van der Waals surface area (Å²) in [4.78, 5) is 0. The number of hydrogen-bond acceptors (Lipinski definition) is 0. The van der Waals surface area contributed by atoms with Crippen molar-refractivity contribution in [3.05, 3.63) is 58.6 Å². The Balaban J connectivity index is 2.33. The van der Waals surface area contributed by atoms with Crippen molar-refractivity contribution >= 4 is 15.9 Å². The van der Waals surface area contributed by atoms with Gasteiger partial charge in [0, 0.05) is 4.47 Å². The van der Waals surface area contributed by atoms with Crippen molar-refractivity contribution < 1.29 is 0 Å². The van der Waals surface area contributed by atoms with E-state index in [4.69, 9.17) is 0 Å². The quantitative estimate of drug-likeness (QED) is 0.658. The Bertz CT molecular complexity index is 487. The highest BCUT2D eigenvalue weighted by Crippen LogP contribution is 2.26. The lowest BCUT2D eigenvalue weighted by Crippen LogP contribution is -2.10. The summed E-state index contributed by atoms with van der Waals surface area (Å²) in [5.74, 6) is 0. The monoisotopic (exact) mass is 288 g/mol. The Kier molecular flexibility index (Phi) is 3.39. The molecule has 2 aromatic carbocycles. The summed E-state index contributed by atoms with van der Waals surface area (Å²) < 4.78 is 1.12. The molecule has 0 nitrogen and oxygen atoms in total. The zero-order valence-corrected chi connectivity index (χ0v) is 12.1. The standard InChI is InChI=1S/C16H17Br/c1-16(2,3)14-8-4-12(5-9-14)13-6-10-15(17)11-7-13/h4-11H,1-3H3. The summed E-state index contributed by atoms with van der Waals surface area (Å²) >= 11 is 3.46. The second kappa shape index (κ2) is 4.66. The van der Waals surface area contributed by atoms with Gasteiger partial charge in [-0.05, 0) is 34.2 Å². The van der Waals surface area contributed by atoms with Crippen LogP contribution in [0.25, 0.3) is 11.1 Å². The molecule has 0 saturated heterocycles. The third kappa shape index (κ3) is 2.98. The fourth-order valence-corrected chi connectivity index (χ4v) is 2.07. The van der Waals surface area contributed by atoms with Crippen LogP contribution < -0.4 is 0 Å². The van der Waals surface area contributed by atoms with Crippen LogP contribution in [0.5, 0.6) is 0 Å². The van der Waals surface area contributed by atoms with Crippen LogP contribution in [0.4, 0.5) is 0 Å². The van der Waals surface area contributed by atoms with Gasteiger partial charge in [-0.25, -0.2) is 0 Å². The minimum absolute atomic E-state index is 0.220. The predicted molar refractivity (Wildman–Crippen MR) is 78.3 cm³/mol. The van der Waals surface area contributed by atoms with Gasteiger partial charge in [-0.15, -0.1) is 0 Å². The van der Waals surface area contributed by atoms with Gasteiger partial charge in [-0.1, -0.05) is 73.1 Å². The smallest absolute Gasteiger partial charge is 0.0175 e. The molecule has 0 aromatic heterocycles. The molecular weight excluding hydrogens is 272 g/mol. The summed E-state index contributed by atoms with van der Waals surface area (Å²) in [6, 6.07) is 17.3. The van der Waals surface area contributed by atoms with Gasteiger partial charge in [-0.3, -0.25) is 0 Å². The molecule has 17 heavy (non-hydrogen) atoms. The van der Waals surface area contributed by atoms with E-state index >= 15 is 0 Å². The van der Waals surface area contributed by atoms with E-state index in [0.717, 1.165) is 4.47 Å². The normalized spacial score (nSPS) is 11.5. The van der Waals surface area contributed by atoms with Crippen LogP contribution in [0, 0.1) is 0 Å². The van der Waals surface area contributed by atoms with Gasteiger partial charge in [0.1, 0.15) is 0 Å². The minimum atomic E-state index is 0.220. The maximum Gasteiger partial charge on any atom is 0.0175 e. The SMILES string of the molecule is CC(C)(C)c1ccc(-c2ccc(Br)cc2)cc1. The van der Waals surface area contributed by atoms with Crippen LogP contribution in [0.1, 0.15) is 26.3 Å². The van der Waals surface area contributed by atoms with E-state index in [1.54, 1.807) is 0 Å². The lowest BCUT2D eigenvalue weighted by atomic mass is 9.86. The van der Waals surface area contributed by atoms with Crippen molar-refractivity contribution in [2.24, 2.45) is 0 Å². The molecule has 0 aliphatic heterocycles. The molecular formula is C16H17Br. The van der Waals surface area contributed by atoms with Gasteiger partial charge in [0.25, 0.3) is 0 Å². The van der Waals surface area contributed by atoms with Crippen molar-refractivity contribution in [2.75, 3.05) is 0 Å². The third-order valence-corrected chi connectivity index (χ3v) is 3.46. The molecule has 0 N–H and O–H groups in total. The Morgan fingerprint density at radius 3 is 1.53 bits per heavy atom. The van der Waals surface area contributed by atoms with E-state index < -0.39 is 0 Å². The van der Waals surface area contributed by atoms with Crippen molar-refractivity contribution in [1.29, 1.82) is 0 Å². The largest absolute Gasteiger partial charge is 0.0579 e. The molecule has 0 bridgehead atoms. The first-order valence-corrected chi connectivity index (χ1v) is 6.62. The van der Waals surface area contributed by atoms with Crippen LogP contribution >= 0.6 is 15.9 Å². The van der Waals surface area contributed by atoms with E-state index in [0.29, 0.717) is 0 Å². The van der Waals surface area contributed by atoms with Gasteiger partial charge in [0.2, 0.25) is 0 Å². The Morgan fingerprint density at radius 1 is 0.706 bits per heavy atom. The Morgan fingerprint density at radius 2 is 1.12 bits per heavy atom. The summed E-state index contributed by atoms with van der Waals surface area (Å²) in [7, 11) is 0. The summed E-state index contributed by atoms with van der Waals surface area (Å²) in [5, 5.41) is 0. The molecule has 0 heterocycles. The van der Waals surface area contributed by atoms with E-state index in [2.05, 4.69) is 85.2 Å². The zero-order chi connectivity index (χ0) is 12.5. The third-order valence-electron chi connectivity index (χ3n) is 2.93. The van der Waals surface area contributed by atoms with Gasteiger partial charge >= 0.3 is 0 Å². The van der Waals surface area contributed by atoms with Crippen LogP contribution in [0.15, 0.2) is 53.0 Å². The van der Waals surface area contributed by atoms with Crippen LogP contribution in [-0.2, 0) is 5.41 Å². The molecule has 0 fully saturated rings. The van der Waals surface area contributed by atoms with Crippen LogP contribution in [0.3, 0.4) is 0 Å². The van der Waals surface area contributed by atoms with Gasteiger partial charge in [0.05, 0.1) is 0 Å². The summed E-state index contributed by atoms with van der Waals surface area (Å²) in [6.07, 6.45) is 0. The number of halogens is 1. The molecule has 2 aromatic rings. The number of hydrogen-bond donors (Lipinski definition) is 0. The lowest BCUT2D eigenvalue weighted by Gasteiger charge is -2.19. The molecule has 88 valence electrons. The number of benzene rings is 2. The van der Waals surface area contributed by atoms with Gasteiger partial charge in [-0.2, -0.15) is 0 Å². The molecule has 0 spiro atoms. The molecule has 0 aliphatic rings. The highest BCUT2D eigenvalue weighted by atomic mass is 79.9. The molecule has 0 unspecified atom stereocenters. The number of rotatable bonds is 1. The van der Waals surface area contributed by atoms with Crippen molar-refractivity contribution in [3.63, 3.8) is 0 Å². The van der Waals surface area contributed by atoms with Gasteiger partial charge in [0.15, 0.2) is 0 Å². The van der Waals surface area contributed by atoms with E-state index in [1.807, 2.05) is 0 Å². The van der Waals surface area contributed by atoms with Crippen molar-refractivity contribution in [2.45, 2.75) is 26.2 Å². The topological polar surface area (TPSA) is 0 Å². The second-order valence-electron chi connectivity index (χ2n) is 5.33. The predicted octanol–water partition coefficient (Wildman–Crippen LogP) is 5.41. The fourth-order valence-electron chi connectivity index (χ4n) is 1.81. The fraction of sp³-hybridized carbons (Fsp3) is 0.250. The maximum absolute atomic E-state index is 3.46. The van der Waals surface area contributed by atoms with Crippen molar-refractivity contribution in [3.8, 4) is 11.1 Å². The molecule has 0 amide bonds. The first kappa shape index (κ1) is 12.4. The zero-order valence-electron chi connectivity index (χ0n) is 10.5. The molecule has 0 atom stereocenters. The van der Waals surface area contributed by atoms with Gasteiger partial charge < -0.3 is 0 Å². The lowest BCUT2D eigenvalue weighted by molar-refractivity contribution is 0.590. The average Bonchev–Trinajstić information content (AvgIpc) is 2.29. The van der Waals surface area contributed by atoms with E-state index in [1.165, 1.54) is 16.7 Å². The van der Waals surface area contributed by atoms with Crippen LogP contribution in [0.2, 0.25) is 0 Å². The Hall–Kier alpha value is -1.08. The maximum atomic E-state index is 3.46. The molecule has 0 radical (unpaired) electrons. The second-order valence-corrected chi connectivity index (χ2v) is 6.25. The van der Waals surface area contributed by atoms with Crippen LogP contribution in [-0.4, -0.2) is 0 Å². The van der Waals surface area contributed by atoms with E-state index in [-0.39, 0.29) is 5.41 Å². The summed E-state index contributed by atoms with van der Waals surface area (Å²) in [6.45, 7) is 6.71. The highest BCUT2D eigenvalue weighted by molar-refractivity contribution is 9.10.